The first-order valence-corrected chi connectivity index (χ1v) is 5.09. The van der Waals surface area contributed by atoms with E-state index in [-0.39, 0.29) is 5.96 Å². The number of rotatable bonds is 3. The van der Waals surface area contributed by atoms with Crippen molar-refractivity contribution in [2.75, 3.05) is 0 Å². The highest BCUT2D eigenvalue weighted by atomic mass is 16.6. The lowest BCUT2D eigenvalue weighted by molar-refractivity contribution is -0.146. The third-order valence-electron chi connectivity index (χ3n) is 2.52. The van der Waals surface area contributed by atoms with Crippen LogP contribution < -0.4 is 16.9 Å². The van der Waals surface area contributed by atoms with E-state index in [1.54, 1.807) is 24.3 Å². The van der Waals surface area contributed by atoms with Crippen LogP contribution in [0.2, 0.25) is 0 Å². The van der Waals surface area contributed by atoms with Gasteiger partial charge in [-0.05, 0) is 23.8 Å². The van der Waals surface area contributed by atoms with Gasteiger partial charge in [-0.25, -0.2) is 9.79 Å². The van der Waals surface area contributed by atoms with Crippen LogP contribution in [0.25, 0.3) is 0 Å². The number of hydrogen-bond acceptors (Lipinski definition) is 4. The molecule has 0 bridgehead atoms. The van der Waals surface area contributed by atoms with Gasteiger partial charge in [-0.15, -0.1) is 5.48 Å². The summed E-state index contributed by atoms with van der Waals surface area (Å²) in [4.78, 5) is 20.0. The Hall–Kier alpha value is -2.54. The predicted molar refractivity (Wildman–Crippen MR) is 64.6 cm³/mol. The number of benzene rings is 1. The fourth-order valence-corrected chi connectivity index (χ4v) is 1.64. The molecule has 1 heterocycles. The van der Waals surface area contributed by atoms with Gasteiger partial charge in [0.1, 0.15) is 6.26 Å². The second-order valence-corrected chi connectivity index (χ2v) is 3.72. The van der Waals surface area contributed by atoms with Crippen molar-refractivity contribution < 1.29 is 14.7 Å². The van der Waals surface area contributed by atoms with Crippen LogP contribution in [-0.2, 0) is 15.2 Å². The molecule has 94 valence electrons. The number of carbonyl (C=O) groups is 1. The van der Waals surface area contributed by atoms with Crippen molar-refractivity contribution in [3.8, 4) is 0 Å². The van der Waals surface area contributed by atoms with E-state index in [1.165, 1.54) is 12.3 Å². The van der Waals surface area contributed by atoms with Crippen molar-refractivity contribution in [1.29, 1.82) is 0 Å². The Bertz CT molecular complexity index is 520. The minimum absolute atomic E-state index is 0.0575. The summed E-state index contributed by atoms with van der Waals surface area (Å²) < 4.78 is 0. The number of aliphatic carboxylic acids is 1. The van der Waals surface area contributed by atoms with E-state index in [9.17, 15) is 9.90 Å². The molecule has 0 radical (unpaired) electrons. The van der Waals surface area contributed by atoms with Crippen LogP contribution >= 0.6 is 0 Å². The van der Waals surface area contributed by atoms with E-state index in [1.807, 2.05) is 0 Å². The van der Waals surface area contributed by atoms with Crippen LogP contribution in [0.15, 0.2) is 41.6 Å². The Morgan fingerprint density at radius 1 is 1.33 bits per heavy atom. The first kappa shape index (κ1) is 11.9. The molecule has 7 heteroatoms. The van der Waals surface area contributed by atoms with E-state index in [4.69, 9.17) is 16.3 Å². The molecule has 6 N–H and O–H groups in total. The molecule has 0 fully saturated rings. The molecule has 2 rings (SSSR count). The molecule has 7 nitrogen and oxygen atoms in total. The summed E-state index contributed by atoms with van der Waals surface area (Å²) in [7, 11) is 0. The maximum absolute atomic E-state index is 11.3. The quantitative estimate of drug-likeness (QED) is 0.438. The molecule has 1 unspecified atom stereocenters. The van der Waals surface area contributed by atoms with Gasteiger partial charge in [0, 0.05) is 0 Å². The van der Waals surface area contributed by atoms with Crippen molar-refractivity contribution in [3.63, 3.8) is 0 Å². The van der Waals surface area contributed by atoms with E-state index in [0.717, 1.165) is 0 Å². The summed E-state index contributed by atoms with van der Waals surface area (Å²) in [5.41, 5.74) is 12.6. The minimum Gasteiger partial charge on any atom is -0.479 e. The number of carboxylic acid groups (broad SMARTS) is 1. The monoisotopic (exact) mass is 248 g/mol. The number of nitrogens with zero attached hydrogens (tertiary/aromatic N) is 1. The topological polar surface area (TPSA) is 123 Å². The molecule has 0 saturated carbocycles. The largest absolute Gasteiger partial charge is 0.479 e. The first-order valence-electron chi connectivity index (χ1n) is 5.09. The highest BCUT2D eigenvalue weighted by Crippen LogP contribution is 2.28. The molecule has 1 atom stereocenters. The molecule has 1 aliphatic rings. The summed E-state index contributed by atoms with van der Waals surface area (Å²) >= 11 is 0. The van der Waals surface area contributed by atoms with Gasteiger partial charge < -0.3 is 21.4 Å². The van der Waals surface area contributed by atoms with Crippen molar-refractivity contribution in [2.24, 2.45) is 16.5 Å². The zero-order valence-corrected chi connectivity index (χ0v) is 9.33. The van der Waals surface area contributed by atoms with Crippen LogP contribution in [0.4, 0.5) is 5.69 Å². The van der Waals surface area contributed by atoms with Gasteiger partial charge in [-0.3, -0.25) is 0 Å². The average Bonchev–Trinajstić information content (AvgIpc) is 2.79. The number of nitrogens with one attached hydrogen (secondary N) is 1. The van der Waals surface area contributed by atoms with Crippen LogP contribution in [0.3, 0.4) is 0 Å². The van der Waals surface area contributed by atoms with Gasteiger partial charge in [0.05, 0.1) is 5.69 Å². The highest BCUT2D eigenvalue weighted by Gasteiger charge is 2.41. The van der Waals surface area contributed by atoms with Gasteiger partial charge in [0.2, 0.25) is 0 Å². The Balaban J connectivity index is 2.37. The van der Waals surface area contributed by atoms with E-state index < -0.39 is 11.5 Å². The first-order chi connectivity index (χ1) is 8.54. The van der Waals surface area contributed by atoms with Gasteiger partial charge in [-0.1, -0.05) is 12.1 Å². The average molecular weight is 248 g/mol. The Morgan fingerprint density at radius 2 is 2.00 bits per heavy atom. The number of nitrogens with two attached hydrogens (primary N) is 2. The lowest BCUT2D eigenvalue weighted by atomic mass is 9.91. The van der Waals surface area contributed by atoms with Crippen molar-refractivity contribution in [1.82, 2.24) is 5.48 Å². The van der Waals surface area contributed by atoms with Crippen molar-refractivity contribution in [3.05, 3.63) is 42.2 Å². The molecule has 18 heavy (non-hydrogen) atoms. The summed E-state index contributed by atoms with van der Waals surface area (Å²) in [6.07, 6.45) is 2.71. The molecule has 0 saturated heterocycles. The molecule has 1 aromatic carbocycles. The smallest absolute Gasteiger partial charge is 0.336 e. The van der Waals surface area contributed by atoms with Crippen molar-refractivity contribution >= 4 is 17.6 Å². The normalized spacial score (nSPS) is 21.3. The number of hydroxylamine groups is 1. The molecular weight excluding hydrogens is 236 g/mol. The molecular formula is C11H12N4O3. The Labute approximate surface area is 103 Å². The molecule has 1 aromatic rings. The Morgan fingerprint density at radius 3 is 2.44 bits per heavy atom. The Kier molecular flexibility index (Phi) is 2.90. The fourth-order valence-electron chi connectivity index (χ4n) is 1.64. The summed E-state index contributed by atoms with van der Waals surface area (Å²) in [5.74, 6) is -1.12. The lowest BCUT2D eigenvalue weighted by Crippen LogP contribution is -2.43. The zero-order chi connectivity index (χ0) is 13.2. The van der Waals surface area contributed by atoms with Crippen LogP contribution in [0.1, 0.15) is 5.56 Å². The highest BCUT2D eigenvalue weighted by molar-refractivity contribution is 5.84. The van der Waals surface area contributed by atoms with E-state index in [0.29, 0.717) is 11.3 Å². The van der Waals surface area contributed by atoms with Gasteiger partial charge in [-0.2, -0.15) is 0 Å². The summed E-state index contributed by atoms with van der Waals surface area (Å²) in [5, 5.41) is 9.27. The minimum atomic E-state index is -1.38. The standard InChI is InChI=1S/C11H12N4O3/c12-10(13)14-8-3-1-7(2-4-8)11(9(16)17)5-6-18-15-11/h1-6,15H,(H,16,17)(H4,12,13,14). The molecule has 0 aliphatic carbocycles. The second-order valence-electron chi connectivity index (χ2n) is 3.72. The molecule has 1 aliphatic heterocycles. The van der Waals surface area contributed by atoms with Crippen LogP contribution in [0.5, 0.6) is 0 Å². The summed E-state index contributed by atoms with van der Waals surface area (Å²) in [6.45, 7) is 0. The third kappa shape index (κ3) is 1.98. The predicted octanol–water partition coefficient (Wildman–Crippen LogP) is -0.0801. The maximum Gasteiger partial charge on any atom is 0.336 e. The van der Waals surface area contributed by atoms with Crippen LogP contribution in [-0.4, -0.2) is 17.0 Å². The zero-order valence-electron chi connectivity index (χ0n) is 9.33. The SMILES string of the molecule is NC(N)=Nc1ccc(C2(C(=O)O)C=CON2)cc1. The third-order valence-corrected chi connectivity index (χ3v) is 2.52. The van der Waals surface area contributed by atoms with Gasteiger partial charge in [0.25, 0.3) is 0 Å². The van der Waals surface area contributed by atoms with Crippen LogP contribution in [0, 0.1) is 0 Å². The molecule has 0 spiro atoms. The number of carboxylic acids is 1. The number of hydrogen-bond donors (Lipinski definition) is 4. The second kappa shape index (κ2) is 4.38. The summed E-state index contributed by atoms with van der Waals surface area (Å²) in [6, 6.07) is 6.46. The number of guanidine groups is 1. The van der Waals surface area contributed by atoms with Crippen molar-refractivity contribution in [2.45, 2.75) is 5.54 Å². The van der Waals surface area contributed by atoms with Gasteiger partial charge in [0.15, 0.2) is 11.5 Å². The maximum atomic E-state index is 11.3. The number of aliphatic imine (C=N–C) groups is 1. The lowest BCUT2D eigenvalue weighted by Gasteiger charge is -2.21. The van der Waals surface area contributed by atoms with Gasteiger partial charge >= 0.3 is 5.97 Å². The van der Waals surface area contributed by atoms with E-state index in [2.05, 4.69) is 10.5 Å². The van der Waals surface area contributed by atoms with E-state index >= 15 is 0 Å². The molecule has 0 aromatic heterocycles. The molecule has 0 amide bonds. The fraction of sp³-hybridized carbons (Fsp3) is 0.0909.